The zero-order valence-corrected chi connectivity index (χ0v) is 16.8. The molecule has 0 saturated carbocycles. The fraction of sp³-hybridized carbons (Fsp3) is 0.846. The van der Waals surface area contributed by atoms with Crippen LogP contribution in [0.1, 0.15) is 46.5 Å². The molecular formula is C13H31N2O4S2Si. The highest BCUT2D eigenvalue weighted by Crippen LogP contribution is 1.98. The van der Waals surface area contributed by atoms with Gasteiger partial charge in [-0.3, -0.25) is 4.79 Å². The fourth-order valence-corrected chi connectivity index (χ4v) is 2.13. The maximum Gasteiger partial charge on any atom is 0.381 e. The van der Waals surface area contributed by atoms with E-state index in [4.69, 9.17) is 24.1 Å². The van der Waals surface area contributed by atoms with Crippen LogP contribution in [0.2, 0.25) is 6.55 Å². The second-order valence-electron chi connectivity index (χ2n) is 3.92. The van der Waals surface area contributed by atoms with Crippen LogP contribution >= 0.6 is 24.8 Å². The molecule has 0 spiro atoms. The summed E-state index contributed by atoms with van der Waals surface area (Å²) in [5.74, 6) is 0. The zero-order chi connectivity index (χ0) is 17.8. The summed E-state index contributed by atoms with van der Waals surface area (Å²) in [4.78, 5) is 9.09. The summed E-state index contributed by atoms with van der Waals surface area (Å²) in [6, 6.07) is 0. The molecule has 133 valence electrons. The summed E-state index contributed by atoms with van der Waals surface area (Å²) in [7, 11) is -0.891. The quantitative estimate of drug-likeness (QED) is 0.249. The van der Waals surface area contributed by atoms with Crippen LogP contribution < -0.4 is 11.5 Å². The third kappa shape index (κ3) is 42.7. The molecule has 1 amide bonds. The van der Waals surface area contributed by atoms with Crippen molar-refractivity contribution >= 4 is 44.5 Å². The van der Waals surface area contributed by atoms with Crippen LogP contribution in [0, 0.1) is 0 Å². The van der Waals surface area contributed by atoms with Gasteiger partial charge >= 0.3 is 9.28 Å². The number of amides is 1. The summed E-state index contributed by atoms with van der Waals surface area (Å²) in [6.07, 6.45) is 4.78. The molecule has 0 saturated heterocycles. The standard InChI is InChI=1S/C7H15NOS.C5H13O2Si.CH3NOS/c1-2-3-4-5-6-9-7(8)10;1-4-6-8(3)7-5-2;2-1(3)4/h2-6H2,1H3,(H2,8,10);4-5H2,1-3H3;(H3,2,3,4). The number of thiocarbonyl (C=S) groups is 1. The summed E-state index contributed by atoms with van der Waals surface area (Å²) < 4.78 is 15.2. The van der Waals surface area contributed by atoms with Crippen molar-refractivity contribution in [2.24, 2.45) is 11.5 Å². The highest BCUT2D eigenvalue weighted by Gasteiger charge is 2.02. The first-order valence-corrected chi connectivity index (χ1v) is 9.98. The number of ether oxygens (including phenoxy) is 1. The maximum atomic E-state index is 9.09. The molecule has 0 atom stereocenters. The predicted molar refractivity (Wildman–Crippen MR) is 100 cm³/mol. The maximum absolute atomic E-state index is 9.09. The lowest BCUT2D eigenvalue weighted by atomic mass is 10.2. The Morgan fingerprint density at radius 2 is 1.55 bits per heavy atom. The molecule has 0 aliphatic heterocycles. The van der Waals surface area contributed by atoms with Gasteiger partial charge in [0, 0.05) is 13.2 Å². The summed E-state index contributed by atoms with van der Waals surface area (Å²) in [5.41, 5.74) is 9.45. The van der Waals surface area contributed by atoms with Crippen LogP contribution in [0.5, 0.6) is 0 Å². The molecule has 1 radical (unpaired) electrons. The van der Waals surface area contributed by atoms with Crippen LogP contribution in [0.15, 0.2) is 0 Å². The molecule has 0 aromatic heterocycles. The van der Waals surface area contributed by atoms with Gasteiger partial charge in [0.05, 0.1) is 6.61 Å². The van der Waals surface area contributed by atoms with Crippen molar-refractivity contribution in [2.75, 3.05) is 19.8 Å². The van der Waals surface area contributed by atoms with Crippen LogP contribution in [0.25, 0.3) is 0 Å². The highest BCUT2D eigenvalue weighted by atomic mass is 32.1. The van der Waals surface area contributed by atoms with E-state index in [0.29, 0.717) is 6.61 Å². The van der Waals surface area contributed by atoms with Gasteiger partial charge in [-0.2, -0.15) is 0 Å². The van der Waals surface area contributed by atoms with Gasteiger partial charge in [-0.05, 0) is 39.0 Å². The number of hydrogen-bond donors (Lipinski definition) is 3. The topological polar surface area (TPSA) is 96.8 Å². The van der Waals surface area contributed by atoms with Crippen molar-refractivity contribution in [3.05, 3.63) is 0 Å². The molecule has 0 aliphatic rings. The van der Waals surface area contributed by atoms with Crippen molar-refractivity contribution in [2.45, 2.75) is 53.0 Å². The van der Waals surface area contributed by atoms with Gasteiger partial charge in [-0.1, -0.05) is 38.8 Å². The van der Waals surface area contributed by atoms with Gasteiger partial charge < -0.3 is 25.1 Å². The number of carbonyl (C=O) groups is 1. The van der Waals surface area contributed by atoms with E-state index >= 15 is 0 Å². The monoisotopic (exact) mass is 371 g/mol. The average molecular weight is 372 g/mol. The van der Waals surface area contributed by atoms with Crippen molar-refractivity contribution < 1.29 is 18.4 Å². The lowest BCUT2D eigenvalue weighted by molar-refractivity contribution is 0.219. The van der Waals surface area contributed by atoms with Gasteiger partial charge in [0.25, 0.3) is 10.4 Å². The highest BCUT2D eigenvalue weighted by molar-refractivity contribution is 7.96. The van der Waals surface area contributed by atoms with Crippen LogP contribution in [0.3, 0.4) is 0 Å². The Labute approximate surface area is 147 Å². The minimum atomic E-state index is -0.891. The lowest BCUT2D eigenvalue weighted by Gasteiger charge is -2.05. The number of nitrogens with two attached hydrogens (primary N) is 2. The Kier molecular flexibility index (Phi) is 27.7. The normalized spacial score (nSPS) is 9.18. The van der Waals surface area contributed by atoms with Crippen LogP contribution in [-0.2, 0) is 13.6 Å². The van der Waals surface area contributed by atoms with E-state index < -0.39 is 14.5 Å². The minimum Gasteiger partial charge on any atom is -0.471 e. The van der Waals surface area contributed by atoms with Crippen molar-refractivity contribution in [3.63, 3.8) is 0 Å². The van der Waals surface area contributed by atoms with E-state index in [-0.39, 0.29) is 5.17 Å². The van der Waals surface area contributed by atoms with Gasteiger partial charge in [0.1, 0.15) is 0 Å². The van der Waals surface area contributed by atoms with E-state index in [1.165, 1.54) is 19.3 Å². The number of carbonyl (C=O) groups excluding carboxylic acids is 1. The molecule has 0 bridgehead atoms. The largest absolute Gasteiger partial charge is 0.471 e. The van der Waals surface area contributed by atoms with E-state index in [2.05, 4.69) is 37.5 Å². The van der Waals surface area contributed by atoms with E-state index in [9.17, 15) is 0 Å². The molecule has 9 heteroatoms. The van der Waals surface area contributed by atoms with Gasteiger partial charge in [-0.25, -0.2) is 0 Å². The third-order valence-electron chi connectivity index (χ3n) is 1.94. The van der Waals surface area contributed by atoms with E-state index in [1.54, 1.807) is 0 Å². The van der Waals surface area contributed by atoms with Crippen molar-refractivity contribution in [3.8, 4) is 0 Å². The molecule has 0 fully saturated rings. The molecule has 4 N–H and O–H groups in total. The molecule has 0 aromatic rings. The third-order valence-corrected chi connectivity index (χ3v) is 3.45. The Hall–Kier alpha value is -0.353. The van der Waals surface area contributed by atoms with Gasteiger partial charge in [0.15, 0.2) is 0 Å². The zero-order valence-electron chi connectivity index (χ0n) is 14.1. The Bertz CT molecular complexity index is 252. The summed E-state index contributed by atoms with van der Waals surface area (Å²) >= 11 is 7.63. The van der Waals surface area contributed by atoms with Gasteiger partial charge in [0.2, 0.25) is 0 Å². The van der Waals surface area contributed by atoms with Crippen LogP contribution in [0.4, 0.5) is 4.79 Å². The predicted octanol–water partition coefficient (Wildman–Crippen LogP) is 3.00. The second kappa shape index (κ2) is 22.9. The molecular weight excluding hydrogens is 340 g/mol. The second-order valence-corrected chi connectivity index (χ2v) is 6.33. The first-order valence-electron chi connectivity index (χ1n) is 7.31. The van der Waals surface area contributed by atoms with E-state index in [1.807, 2.05) is 20.4 Å². The molecule has 0 aliphatic carbocycles. The fourth-order valence-electron chi connectivity index (χ4n) is 1.15. The van der Waals surface area contributed by atoms with E-state index in [0.717, 1.165) is 19.6 Å². The first kappa shape index (κ1) is 26.5. The minimum absolute atomic E-state index is 0.163. The van der Waals surface area contributed by atoms with Crippen molar-refractivity contribution in [1.29, 1.82) is 0 Å². The molecule has 6 nitrogen and oxygen atoms in total. The smallest absolute Gasteiger partial charge is 0.381 e. The SMILES string of the molecule is CCCCCCOC(N)=S.CCO[Si](C)OCC.NC(=O)S. The number of thiol groups is 1. The molecule has 0 rings (SSSR count). The number of hydrogen-bond acceptors (Lipinski definition) is 5. The molecule has 0 aromatic carbocycles. The Balaban J connectivity index is -0.000000269. The number of rotatable bonds is 9. The molecule has 22 heavy (non-hydrogen) atoms. The van der Waals surface area contributed by atoms with Gasteiger partial charge in [-0.15, -0.1) is 0 Å². The Morgan fingerprint density at radius 3 is 1.86 bits per heavy atom. The Morgan fingerprint density at radius 1 is 1.09 bits per heavy atom. The average Bonchev–Trinajstić information content (AvgIpc) is 2.39. The number of primary amides is 1. The first-order chi connectivity index (χ1) is 10.3. The molecule has 0 heterocycles. The van der Waals surface area contributed by atoms with Crippen LogP contribution in [-0.4, -0.2) is 39.5 Å². The van der Waals surface area contributed by atoms with Crippen molar-refractivity contribution in [1.82, 2.24) is 0 Å². The summed E-state index contributed by atoms with van der Waals surface area (Å²) in [5, 5.41) is -0.475. The molecule has 0 unspecified atom stereocenters. The number of unbranched alkanes of at least 4 members (excludes halogenated alkanes) is 3. The summed E-state index contributed by atoms with van der Waals surface area (Å²) in [6.45, 7) is 10.3. The lowest BCUT2D eigenvalue weighted by Crippen LogP contribution is -2.17.